The van der Waals surface area contributed by atoms with Gasteiger partial charge < -0.3 is 5.32 Å². The first-order valence-electron chi connectivity index (χ1n) is 7.28. The van der Waals surface area contributed by atoms with Gasteiger partial charge in [-0.25, -0.2) is 13.4 Å². The summed E-state index contributed by atoms with van der Waals surface area (Å²) >= 11 is 0. The van der Waals surface area contributed by atoms with Crippen molar-refractivity contribution in [2.75, 3.05) is 25.0 Å². The van der Waals surface area contributed by atoms with Gasteiger partial charge in [-0.1, -0.05) is 13.3 Å². The summed E-state index contributed by atoms with van der Waals surface area (Å²) in [5, 5.41) is 3.05. The maximum Gasteiger partial charge on any atom is 0.243 e. The Balaban J connectivity index is 2.16. The Morgan fingerprint density at radius 3 is 2.65 bits per heavy atom. The number of nitrogens with one attached hydrogen (secondary N) is 1. The van der Waals surface area contributed by atoms with Gasteiger partial charge in [0.2, 0.25) is 10.0 Å². The molecular formula is C14H23N3O2S. The summed E-state index contributed by atoms with van der Waals surface area (Å²) in [4.78, 5) is 4.45. The van der Waals surface area contributed by atoms with Crippen LogP contribution in [0.2, 0.25) is 0 Å². The highest BCUT2D eigenvalue weighted by molar-refractivity contribution is 7.89. The van der Waals surface area contributed by atoms with Crippen LogP contribution in [0.15, 0.2) is 23.2 Å². The lowest BCUT2D eigenvalue weighted by molar-refractivity contribution is 0.269. The van der Waals surface area contributed by atoms with Gasteiger partial charge in [-0.05, 0) is 31.7 Å². The van der Waals surface area contributed by atoms with Crippen molar-refractivity contribution < 1.29 is 8.42 Å². The number of nitrogens with zero attached hydrogens (tertiary/aromatic N) is 2. The van der Waals surface area contributed by atoms with Gasteiger partial charge in [-0.3, -0.25) is 0 Å². The molecule has 0 aliphatic carbocycles. The van der Waals surface area contributed by atoms with Crippen molar-refractivity contribution in [2.45, 2.75) is 38.0 Å². The zero-order valence-corrected chi connectivity index (χ0v) is 13.0. The Morgan fingerprint density at radius 1 is 1.35 bits per heavy atom. The molecular weight excluding hydrogens is 274 g/mol. The molecule has 0 bridgehead atoms. The highest BCUT2D eigenvalue weighted by atomic mass is 32.2. The van der Waals surface area contributed by atoms with Crippen LogP contribution >= 0.6 is 0 Å². The number of anilines is 1. The van der Waals surface area contributed by atoms with E-state index in [1.165, 1.54) is 0 Å². The Hall–Kier alpha value is -1.14. The fourth-order valence-corrected chi connectivity index (χ4v) is 4.04. The van der Waals surface area contributed by atoms with Crippen LogP contribution < -0.4 is 5.32 Å². The molecule has 0 spiro atoms. The molecule has 112 valence electrons. The summed E-state index contributed by atoms with van der Waals surface area (Å²) in [6, 6.07) is 3.19. The average molecular weight is 297 g/mol. The van der Waals surface area contributed by atoms with Crippen LogP contribution in [-0.2, 0) is 10.0 Å². The van der Waals surface area contributed by atoms with Crippen LogP contribution in [-0.4, -0.2) is 37.3 Å². The number of sulfonamides is 1. The molecule has 6 heteroatoms. The van der Waals surface area contributed by atoms with Crippen molar-refractivity contribution in [3.8, 4) is 0 Å². The zero-order valence-electron chi connectivity index (χ0n) is 12.2. The molecule has 0 aromatic carbocycles. The maximum atomic E-state index is 12.6. The van der Waals surface area contributed by atoms with Crippen LogP contribution in [0.5, 0.6) is 0 Å². The first kappa shape index (κ1) is 15.3. The SMILES string of the molecule is CCNc1cc(S(=O)(=O)N2CCC(CC)CC2)ccn1. The largest absolute Gasteiger partial charge is 0.370 e. The van der Waals surface area contributed by atoms with E-state index in [4.69, 9.17) is 0 Å². The lowest BCUT2D eigenvalue weighted by Crippen LogP contribution is -2.38. The van der Waals surface area contributed by atoms with Crippen LogP contribution in [0.4, 0.5) is 5.82 Å². The molecule has 2 heterocycles. The van der Waals surface area contributed by atoms with Gasteiger partial charge >= 0.3 is 0 Å². The Labute approximate surface area is 121 Å². The molecule has 1 saturated heterocycles. The van der Waals surface area contributed by atoms with E-state index in [2.05, 4.69) is 17.2 Å². The third kappa shape index (κ3) is 3.30. The Kier molecular flexibility index (Phi) is 4.99. The Bertz CT molecular complexity index is 537. The second-order valence-corrected chi connectivity index (χ2v) is 7.10. The molecule has 1 aliphatic heterocycles. The van der Waals surface area contributed by atoms with Gasteiger partial charge in [0.25, 0.3) is 0 Å². The van der Waals surface area contributed by atoms with E-state index in [9.17, 15) is 8.42 Å². The monoisotopic (exact) mass is 297 g/mol. The number of rotatable bonds is 5. The number of hydrogen-bond donors (Lipinski definition) is 1. The predicted octanol–water partition coefficient (Wildman–Crippen LogP) is 2.32. The van der Waals surface area contributed by atoms with Crippen LogP contribution in [0.1, 0.15) is 33.1 Å². The molecule has 0 radical (unpaired) electrons. The average Bonchev–Trinajstić information content (AvgIpc) is 2.48. The second-order valence-electron chi connectivity index (χ2n) is 5.16. The summed E-state index contributed by atoms with van der Waals surface area (Å²) in [5.74, 6) is 1.27. The highest BCUT2D eigenvalue weighted by Crippen LogP contribution is 2.25. The minimum Gasteiger partial charge on any atom is -0.370 e. The molecule has 1 N–H and O–H groups in total. The van der Waals surface area contributed by atoms with Crippen molar-refractivity contribution >= 4 is 15.8 Å². The fourth-order valence-electron chi connectivity index (χ4n) is 2.56. The summed E-state index contributed by atoms with van der Waals surface area (Å²) in [7, 11) is -3.38. The van der Waals surface area contributed by atoms with Crippen molar-refractivity contribution in [2.24, 2.45) is 5.92 Å². The second kappa shape index (κ2) is 6.54. The van der Waals surface area contributed by atoms with Gasteiger partial charge in [-0.2, -0.15) is 4.31 Å². The fraction of sp³-hybridized carbons (Fsp3) is 0.643. The molecule has 1 aromatic heterocycles. The molecule has 2 rings (SSSR count). The number of hydrogen-bond acceptors (Lipinski definition) is 4. The lowest BCUT2D eigenvalue weighted by atomic mass is 9.96. The first-order valence-corrected chi connectivity index (χ1v) is 8.72. The molecule has 5 nitrogen and oxygen atoms in total. The normalized spacial score (nSPS) is 18.1. The smallest absolute Gasteiger partial charge is 0.243 e. The van der Waals surface area contributed by atoms with E-state index in [0.717, 1.165) is 25.8 Å². The molecule has 1 aromatic rings. The molecule has 0 unspecified atom stereocenters. The predicted molar refractivity (Wildman–Crippen MR) is 80.2 cm³/mol. The van der Waals surface area contributed by atoms with Crippen LogP contribution in [0, 0.1) is 5.92 Å². The van der Waals surface area contributed by atoms with Crippen molar-refractivity contribution in [3.05, 3.63) is 18.3 Å². The molecule has 0 saturated carbocycles. The van der Waals surface area contributed by atoms with E-state index in [-0.39, 0.29) is 0 Å². The van der Waals surface area contributed by atoms with E-state index < -0.39 is 10.0 Å². The lowest BCUT2D eigenvalue weighted by Gasteiger charge is -2.30. The van der Waals surface area contributed by atoms with Crippen LogP contribution in [0.25, 0.3) is 0 Å². The van der Waals surface area contributed by atoms with Gasteiger partial charge in [0.15, 0.2) is 0 Å². The minimum atomic E-state index is -3.38. The quantitative estimate of drug-likeness (QED) is 0.906. The number of piperidine rings is 1. The maximum absolute atomic E-state index is 12.6. The first-order chi connectivity index (χ1) is 9.57. The van der Waals surface area contributed by atoms with Gasteiger partial charge in [0.1, 0.15) is 5.82 Å². The molecule has 20 heavy (non-hydrogen) atoms. The van der Waals surface area contributed by atoms with Gasteiger partial charge in [-0.15, -0.1) is 0 Å². The minimum absolute atomic E-state index is 0.332. The third-order valence-corrected chi connectivity index (χ3v) is 5.77. The van der Waals surface area contributed by atoms with E-state index in [1.807, 2.05) is 6.92 Å². The van der Waals surface area contributed by atoms with Crippen molar-refractivity contribution in [1.29, 1.82) is 0 Å². The highest BCUT2D eigenvalue weighted by Gasteiger charge is 2.28. The van der Waals surface area contributed by atoms with Gasteiger partial charge in [0, 0.05) is 31.9 Å². The van der Waals surface area contributed by atoms with Crippen LogP contribution in [0.3, 0.4) is 0 Å². The standard InChI is InChI=1S/C14H23N3O2S/c1-3-12-6-9-17(10-7-12)20(18,19)13-5-8-16-14(11-13)15-4-2/h5,8,11-12H,3-4,6-7,9-10H2,1-2H3,(H,15,16). The third-order valence-electron chi connectivity index (χ3n) is 3.88. The van der Waals surface area contributed by atoms with E-state index >= 15 is 0 Å². The summed E-state index contributed by atoms with van der Waals surface area (Å²) in [6.07, 6.45) is 4.60. The summed E-state index contributed by atoms with van der Waals surface area (Å²) < 4.78 is 26.8. The van der Waals surface area contributed by atoms with Crippen molar-refractivity contribution in [3.63, 3.8) is 0 Å². The van der Waals surface area contributed by atoms with E-state index in [0.29, 0.717) is 29.7 Å². The molecule has 1 aliphatic rings. The topological polar surface area (TPSA) is 62.3 Å². The van der Waals surface area contributed by atoms with E-state index in [1.54, 1.807) is 22.6 Å². The summed E-state index contributed by atoms with van der Waals surface area (Å²) in [6.45, 7) is 6.09. The molecule has 0 amide bonds. The van der Waals surface area contributed by atoms with Crippen molar-refractivity contribution in [1.82, 2.24) is 9.29 Å². The number of aromatic nitrogens is 1. The van der Waals surface area contributed by atoms with Gasteiger partial charge in [0.05, 0.1) is 4.90 Å². The number of pyridine rings is 1. The Morgan fingerprint density at radius 2 is 2.05 bits per heavy atom. The molecule has 0 atom stereocenters. The molecule has 1 fully saturated rings. The zero-order chi connectivity index (χ0) is 14.6. The summed E-state index contributed by atoms with van der Waals surface area (Å²) in [5.41, 5.74) is 0.